The Morgan fingerprint density at radius 3 is 2.76 bits per heavy atom. The number of carbonyl (C=O) groups is 1. The van der Waals surface area contributed by atoms with E-state index < -0.39 is 0 Å². The van der Waals surface area contributed by atoms with Crippen molar-refractivity contribution < 1.29 is 4.79 Å². The molecule has 0 atom stereocenters. The van der Waals surface area contributed by atoms with Gasteiger partial charge in [-0.3, -0.25) is 9.48 Å². The summed E-state index contributed by atoms with van der Waals surface area (Å²) in [5.41, 5.74) is 6.52. The van der Waals surface area contributed by atoms with E-state index in [0.717, 1.165) is 34.3 Å². The molecule has 4 rings (SSSR count). The van der Waals surface area contributed by atoms with Crippen molar-refractivity contribution in [1.82, 2.24) is 20.1 Å². The Kier molecular flexibility index (Phi) is 5.38. The van der Waals surface area contributed by atoms with E-state index in [-0.39, 0.29) is 5.91 Å². The highest BCUT2D eigenvalue weighted by molar-refractivity contribution is 5.85. The summed E-state index contributed by atoms with van der Waals surface area (Å²) in [4.78, 5) is 16.5. The lowest BCUT2D eigenvalue weighted by atomic mass is 10.0. The molecule has 2 aromatic heterocycles. The van der Waals surface area contributed by atoms with Crippen LogP contribution in [0.3, 0.4) is 0 Å². The van der Waals surface area contributed by atoms with Gasteiger partial charge in [0.2, 0.25) is 5.91 Å². The number of fused-ring (bicyclic) bond motifs is 1. The van der Waals surface area contributed by atoms with Crippen molar-refractivity contribution in [3.8, 4) is 11.3 Å². The molecule has 0 spiro atoms. The minimum atomic E-state index is 0.0528. The molecule has 0 fully saturated rings. The summed E-state index contributed by atoms with van der Waals surface area (Å²) in [6.45, 7) is 2.85. The minimum Gasteiger partial charge on any atom is -0.359 e. The van der Waals surface area contributed by atoms with Crippen molar-refractivity contribution in [1.29, 1.82) is 0 Å². The van der Waals surface area contributed by atoms with Gasteiger partial charge >= 0.3 is 0 Å². The molecule has 0 saturated carbocycles. The molecule has 29 heavy (non-hydrogen) atoms. The summed E-state index contributed by atoms with van der Waals surface area (Å²) in [5, 5.41) is 8.10. The Bertz CT molecular complexity index is 1150. The Balaban J connectivity index is 1.65. The van der Waals surface area contributed by atoms with Crippen molar-refractivity contribution >= 4 is 16.8 Å². The van der Waals surface area contributed by atoms with Gasteiger partial charge in [0, 0.05) is 36.8 Å². The van der Waals surface area contributed by atoms with Crippen LogP contribution in [0.4, 0.5) is 0 Å². The van der Waals surface area contributed by atoms with Gasteiger partial charge in [0.15, 0.2) is 0 Å². The topological polar surface area (TPSA) is 59.8 Å². The third-order valence-corrected chi connectivity index (χ3v) is 5.13. The van der Waals surface area contributed by atoms with Gasteiger partial charge in [-0.25, -0.2) is 4.98 Å². The lowest BCUT2D eigenvalue weighted by Gasteiger charge is -2.10. The number of pyridine rings is 1. The zero-order chi connectivity index (χ0) is 20.2. The molecule has 0 radical (unpaired) electrons. The number of aromatic nitrogens is 3. The lowest BCUT2D eigenvalue weighted by Crippen LogP contribution is -2.17. The predicted molar refractivity (Wildman–Crippen MR) is 116 cm³/mol. The number of nitrogens with one attached hydrogen (secondary N) is 1. The third-order valence-electron chi connectivity index (χ3n) is 5.13. The van der Waals surface area contributed by atoms with E-state index in [1.165, 1.54) is 11.1 Å². The van der Waals surface area contributed by atoms with Gasteiger partial charge in [0.05, 0.1) is 17.8 Å². The smallest absolute Gasteiger partial charge is 0.220 e. The maximum absolute atomic E-state index is 11.6. The van der Waals surface area contributed by atoms with Crippen LogP contribution >= 0.6 is 0 Å². The molecule has 2 heterocycles. The van der Waals surface area contributed by atoms with Crippen LogP contribution in [-0.2, 0) is 17.8 Å². The predicted octanol–water partition coefficient (Wildman–Crippen LogP) is 4.13. The molecule has 0 aliphatic rings. The van der Waals surface area contributed by atoms with Crippen molar-refractivity contribution in [3.05, 3.63) is 83.7 Å². The first-order chi connectivity index (χ1) is 14.1. The second-order valence-corrected chi connectivity index (χ2v) is 7.25. The first kappa shape index (κ1) is 18.9. The summed E-state index contributed by atoms with van der Waals surface area (Å²) in [6.07, 6.45) is 4.95. The molecule has 0 aliphatic carbocycles. The molecule has 1 amide bonds. The number of carbonyl (C=O) groups excluding carboxylic acids is 1. The quantitative estimate of drug-likeness (QED) is 0.544. The molecular weight excluding hydrogens is 360 g/mol. The average Bonchev–Trinajstić information content (AvgIpc) is 3.25. The number of benzene rings is 2. The Hall–Kier alpha value is -3.47. The summed E-state index contributed by atoms with van der Waals surface area (Å²) in [5.74, 6) is 0.0528. The van der Waals surface area contributed by atoms with Crippen molar-refractivity contribution in [2.24, 2.45) is 0 Å². The van der Waals surface area contributed by atoms with Crippen LogP contribution in [0, 0.1) is 6.92 Å². The first-order valence-electron chi connectivity index (χ1n) is 9.80. The van der Waals surface area contributed by atoms with Gasteiger partial charge in [-0.1, -0.05) is 30.3 Å². The van der Waals surface area contributed by atoms with E-state index in [2.05, 4.69) is 65.9 Å². The second kappa shape index (κ2) is 8.27. The zero-order valence-electron chi connectivity index (χ0n) is 16.7. The molecule has 146 valence electrons. The van der Waals surface area contributed by atoms with Gasteiger partial charge in [-0.05, 0) is 54.3 Å². The van der Waals surface area contributed by atoms with Gasteiger partial charge < -0.3 is 5.32 Å². The molecular formula is C24H24N4O. The van der Waals surface area contributed by atoms with Crippen LogP contribution in [0.15, 0.2) is 67.0 Å². The maximum atomic E-state index is 11.6. The summed E-state index contributed by atoms with van der Waals surface area (Å²) in [7, 11) is 1.67. The fourth-order valence-electron chi connectivity index (χ4n) is 3.54. The van der Waals surface area contributed by atoms with Gasteiger partial charge in [-0.15, -0.1) is 0 Å². The normalized spacial score (nSPS) is 11.0. The Labute approximate surface area is 170 Å². The molecule has 5 heteroatoms. The van der Waals surface area contributed by atoms with E-state index in [1.54, 1.807) is 13.2 Å². The van der Waals surface area contributed by atoms with Crippen LogP contribution in [0.2, 0.25) is 0 Å². The Morgan fingerprint density at radius 2 is 1.97 bits per heavy atom. The zero-order valence-corrected chi connectivity index (χ0v) is 16.7. The average molecular weight is 384 g/mol. The monoisotopic (exact) mass is 384 g/mol. The number of hydrogen-bond donors (Lipinski definition) is 1. The fourth-order valence-corrected chi connectivity index (χ4v) is 3.54. The van der Waals surface area contributed by atoms with Crippen LogP contribution in [-0.4, -0.2) is 27.7 Å². The SMILES string of the molecule is CNC(=O)CCc1ccc2c(C)cc(-c3cccc(Cn4cccn4)c3)nc2c1. The number of aryl methyl sites for hydroxylation is 2. The van der Waals surface area contributed by atoms with Crippen molar-refractivity contribution in [2.75, 3.05) is 7.05 Å². The van der Waals surface area contributed by atoms with Crippen LogP contribution in [0.1, 0.15) is 23.1 Å². The van der Waals surface area contributed by atoms with E-state index in [9.17, 15) is 4.79 Å². The molecule has 2 aromatic carbocycles. The number of hydrogen-bond acceptors (Lipinski definition) is 3. The number of nitrogens with zero attached hydrogens (tertiary/aromatic N) is 3. The van der Waals surface area contributed by atoms with E-state index in [4.69, 9.17) is 4.98 Å². The van der Waals surface area contributed by atoms with Crippen LogP contribution in [0.5, 0.6) is 0 Å². The summed E-state index contributed by atoms with van der Waals surface area (Å²) < 4.78 is 1.91. The highest BCUT2D eigenvalue weighted by Gasteiger charge is 2.08. The molecule has 0 aliphatic heterocycles. The molecule has 0 saturated heterocycles. The third kappa shape index (κ3) is 4.35. The minimum absolute atomic E-state index is 0.0528. The maximum Gasteiger partial charge on any atom is 0.220 e. The van der Waals surface area contributed by atoms with E-state index in [0.29, 0.717) is 12.8 Å². The van der Waals surface area contributed by atoms with Gasteiger partial charge in [-0.2, -0.15) is 5.10 Å². The molecule has 1 N–H and O–H groups in total. The van der Waals surface area contributed by atoms with E-state index >= 15 is 0 Å². The molecule has 4 aromatic rings. The van der Waals surface area contributed by atoms with Crippen molar-refractivity contribution in [3.63, 3.8) is 0 Å². The summed E-state index contributed by atoms with van der Waals surface area (Å²) in [6, 6.07) is 18.8. The van der Waals surface area contributed by atoms with Gasteiger partial charge in [0.25, 0.3) is 0 Å². The standard InChI is InChI=1S/C24H24N4O/c1-17-13-22(20-6-3-5-19(14-20)16-28-12-4-11-26-28)27-23-15-18(7-9-21(17)23)8-10-24(29)25-2/h3-7,9,11-15H,8,10,16H2,1-2H3,(H,25,29). The molecule has 0 bridgehead atoms. The fraction of sp³-hybridized carbons (Fsp3) is 0.208. The summed E-state index contributed by atoms with van der Waals surface area (Å²) >= 11 is 0. The van der Waals surface area contributed by atoms with Crippen LogP contribution < -0.4 is 5.32 Å². The molecule has 0 unspecified atom stereocenters. The highest BCUT2D eigenvalue weighted by Crippen LogP contribution is 2.26. The van der Waals surface area contributed by atoms with Gasteiger partial charge in [0.1, 0.15) is 0 Å². The second-order valence-electron chi connectivity index (χ2n) is 7.25. The molecule has 5 nitrogen and oxygen atoms in total. The number of amides is 1. The first-order valence-corrected chi connectivity index (χ1v) is 9.80. The largest absolute Gasteiger partial charge is 0.359 e. The number of rotatable bonds is 6. The van der Waals surface area contributed by atoms with E-state index in [1.807, 2.05) is 16.9 Å². The van der Waals surface area contributed by atoms with Crippen molar-refractivity contribution in [2.45, 2.75) is 26.3 Å². The highest BCUT2D eigenvalue weighted by atomic mass is 16.1. The Morgan fingerprint density at radius 1 is 1.07 bits per heavy atom. The van der Waals surface area contributed by atoms with Crippen LogP contribution in [0.25, 0.3) is 22.2 Å². The lowest BCUT2D eigenvalue weighted by molar-refractivity contribution is -0.120.